The molecular formula is C35H36N2O6. The van der Waals surface area contributed by atoms with Crippen molar-refractivity contribution < 1.29 is 29.2 Å². The Balaban J connectivity index is 1.44. The van der Waals surface area contributed by atoms with Gasteiger partial charge in [0.1, 0.15) is 5.75 Å². The number of nitrogens with one attached hydrogen (secondary N) is 1. The molecule has 4 aromatic rings. The molecule has 2 unspecified atom stereocenters. The number of fused-ring (bicyclic) bond motifs is 2. The zero-order chi connectivity index (χ0) is 29.7. The lowest BCUT2D eigenvalue weighted by Crippen LogP contribution is -2.33. The number of phenols is 2. The molecule has 4 aliphatic rings. The van der Waals surface area contributed by atoms with Gasteiger partial charge in [-0.05, 0) is 110 Å². The smallest absolute Gasteiger partial charge is 0.201 e. The van der Waals surface area contributed by atoms with Crippen LogP contribution in [0.2, 0.25) is 0 Å². The molecule has 0 aromatic heterocycles. The normalized spacial score (nSPS) is 19.3. The van der Waals surface area contributed by atoms with E-state index < -0.39 is 0 Å². The molecule has 43 heavy (non-hydrogen) atoms. The molecule has 8 heteroatoms. The number of hydrogen-bond acceptors (Lipinski definition) is 8. The van der Waals surface area contributed by atoms with E-state index in [9.17, 15) is 10.2 Å². The number of aromatic hydroxyl groups is 2. The molecule has 2 atom stereocenters. The van der Waals surface area contributed by atoms with Gasteiger partial charge in [0.05, 0.1) is 14.2 Å². The first-order valence-electron chi connectivity index (χ1n) is 14.8. The van der Waals surface area contributed by atoms with Gasteiger partial charge in [0.15, 0.2) is 34.5 Å². The van der Waals surface area contributed by atoms with Crippen LogP contribution in [0.3, 0.4) is 0 Å². The van der Waals surface area contributed by atoms with Crippen molar-refractivity contribution in [2.45, 2.75) is 37.8 Å². The van der Waals surface area contributed by atoms with Crippen LogP contribution in [0, 0.1) is 0 Å². The highest BCUT2D eigenvalue weighted by atomic mass is 16.5. The Morgan fingerprint density at radius 3 is 2.37 bits per heavy atom. The molecule has 0 fully saturated rings. The van der Waals surface area contributed by atoms with Crippen LogP contribution in [0.5, 0.6) is 46.0 Å². The lowest BCUT2D eigenvalue weighted by molar-refractivity contribution is 0.228. The molecule has 0 amide bonds. The largest absolute Gasteiger partial charge is 0.504 e. The van der Waals surface area contributed by atoms with Crippen LogP contribution < -0.4 is 24.3 Å². The van der Waals surface area contributed by atoms with E-state index >= 15 is 0 Å². The number of hydrogen-bond donors (Lipinski definition) is 3. The van der Waals surface area contributed by atoms with Crippen molar-refractivity contribution in [3.63, 3.8) is 0 Å². The molecule has 3 N–H and O–H groups in total. The van der Waals surface area contributed by atoms with E-state index in [1.807, 2.05) is 30.3 Å². The van der Waals surface area contributed by atoms with E-state index in [0.29, 0.717) is 40.9 Å². The summed E-state index contributed by atoms with van der Waals surface area (Å²) in [5.41, 5.74) is 6.47. The molecule has 0 spiro atoms. The number of methoxy groups -OCH3 is 2. The van der Waals surface area contributed by atoms with E-state index in [0.717, 1.165) is 49.0 Å². The van der Waals surface area contributed by atoms with E-state index in [4.69, 9.17) is 18.9 Å². The first-order chi connectivity index (χ1) is 20.9. The molecule has 8 nitrogen and oxygen atoms in total. The van der Waals surface area contributed by atoms with Crippen LogP contribution in [-0.2, 0) is 25.7 Å². The summed E-state index contributed by atoms with van der Waals surface area (Å²) in [6.07, 6.45) is 3.03. The molecular weight excluding hydrogens is 544 g/mol. The molecule has 6 bridgehead atoms. The first kappa shape index (κ1) is 27.4. The second-order valence-corrected chi connectivity index (χ2v) is 11.6. The van der Waals surface area contributed by atoms with Gasteiger partial charge < -0.3 is 34.5 Å². The van der Waals surface area contributed by atoms with Gasteiger partial charge in [0, 0.05) is 24.2 Å². The predicted octanol–water partition coefficient (Wildman–Crippen LogP) is 6.21. The molecule has 4 heterocycles. The summed E-state index contributed by atoms with van der Waals surface area (Å²) in [5.74, 6) is 2.99. The number of nitrogens with zero attached hydrogens (tertiary/aromatic N) is 1. The van der Waals surface area contributed by atoms with Crippen LogP contribution in [0.25, 0.3) is 0 Å². The number of likely N-dealkylation sites (N-methyl/N-ethyl adjacent to an activating group) is 1. The summed E-state index contributed by atoms with van der Waals surface area (Å²) in [6.45, 7) is 1.68. The fourth-order valence-electron chi connectivity index (χ4n) is 6.69. The van der Waals surface area contributed by atoms with Crippen LogP contribution in [0.15, 0.2) is 60.7 Å². The van der Waals surface area contributed by atoms with Gasteiger partial charge in [-0.15, -0.1) is 0 Å². The Morgan fingerprint density at radius 2 is 1.58 bits per heavy atom. The third-order valence-electron chi connectivity index (χ3n) is 9.00. The Bertz CT molecular complexity index is 1690. The van der Waals surface area contributed by atoms with E-state index in [1.54, 1.807) is 20.3 Å². The summed E-state index contributed by atoms with van der Waals surface area (Å²) in [6, 6.07) is 19.5. The molecule has 0 saturated carbocycles. The fourth-order valence-corrected chi connectivity index (χ4v) is 6.69. The molecule has 222 valence electrons. The minimum Gasteiger partial charge on any atom is -0.504 e. The fraction of sp³-hybridized carbons (Fsp3) is 0.314. The maximum absolute atomic E-state index is 11.5. The van der Waals surface area contributed by atoms with Crippen molar-refractivity contribution in [3.05, 3.63) is 94.0 Å². The van der Waals surface area contributed by atoms with E-state index in [2.05, 4.69) is 41.5 Å². The number of rotatable bonds is 2. The average molecular weight is 581 g/mol. The van der Waals surface area contributed by atoms with Gasteiger partial charge in [0.2, 0.25) is 5.75 Å². The lowest BCUT2D eigenvalue weighted by Gasteiger charge is -2.35. The zero-order valence-corrected chi connectivity index (χ0v) is 24.6. The van der Waals surface area contributed by atoms with Gasteiger partial charge in [-0.1, -0.05) is 18.2 Å². The highest BCUT2D eigenvalue weighted by Gasteiger charge is 2.32. The third-order valence-corrected chi connectivity index (χ3v) is 9.00. The maximum atomic E-state index is 11.5. The highest BCUT2D eigenvalue weighted by molar-refractivity contribution is 5.63. The van der Waals surface area contributed by atoms with Gasteiger partial charge in [-0.3, -0.25) is 4.90 Å². The third kappa shape index (κ3) is 5.00. The summed E-state index contributed by atoms with van der Waals surface area (Å²) >= 11 is 0. The number of benzene rings is 4. The number of phenolic OH excluding ortho intramolecular Hbond substituents is 2. The predicted molar refractivity (Wildman–Crippen MR) is 163 cm³/mol. The van der Waals surface area contributed by atoms with Gasteiger partial charge in [0.25, 0.3) is 0 Å². The second kappa shape index (κ2) is 11.0. The topological polar surface area (TPSA) is 92.7 Å². The van der Waals surface area contributed by atoms with Crippen molar-refractivity contribution >= 4 is 0 Å². The van der Waals surface area contributed by atoms with Crippen molar-refractivity contribution in [2.24, 2.45) is 0 Å². The molecule has 0 saturated heterocycles. The molecule has 0 aliphatic carbocycles. The number of ether oxygens (including phenoxy) is 4. The highest BCUT2D eigenvalue weighted by Crippen LogP contribution is 2.50. The summed E-state index contributed by atoms with van der Waals surface area (Å²) in [4.78, 5) is 2.37. The van der Waals surface area contributed by atoms with E-state index in [1.165, 1.54) is 16.7 Å². The summed E-state index contributed by atoms with van der Waals surface area (Å²) in [7, 11) is 5.35. The van der Waals surface area contributed by atoms with Gasteiger partial charge in [-0.25, -0.2) is 0 Å². The SMILES string of the molecule is COc1cc2c3cc1Oc1c(O)c(OC)cc4c1C(Cc1ccc(O)c(c1)Oc1ccc(cc1)CC3N(C)CC2)NCC4. The Hall–Kier alpha value is -4.40. The zero-order valence-electron chi connectivity index (χ0n) is 24.6. The Labute approximate surface area is 251 Å². The standard InChI is InChI=1S/C35H36N2O6/c1-37-13-11-22-17-30(40-2)31-19-25(22)27(37)15-20-4-7-24(8-5-20)42-29-16-21(6-9-28(29)38)14-26-33-23(10-12-36-26)18-32(41-3)34(39)35(33)43-31/h4-9,16-19,26-27,36,38-39H,10-15H2,1-3H3. The average Bonchev–Trinajstić information content (AvgIpc) is 3.01. The summed E-state index contributed by atoms with van der Waals surface area (Å²) in [5, 5.41) is 25.8. The van der Waals surface area contributed by atoms with Crippen LogP contribution in [0.4, 0.5) is 0 Å². The molecule has 8 rings (SSSR count). The molecule has 4 aliphatic heterocycles. The Kier molecular flexibility index (Phi) is 7.03. The van der Waals surface area contributed by atoms with Crippen LogP contribution in [0.1, 0.15) is 45.5 Å². The quantitative estimate of drug-likeness (QED) is 0.258. The van der Waals surface area contributed by atoms with E-state index in [-0.39, 0.29) is 23.6 Å². The maximum Gasteiger partial charge on any atom is 0.201 e. The molecule has 0 radical (unpaired) electrons. The van der Waals surface area contributed by atoms with Gasteiger partial charge in [-0.2, -0.15) is 0 Å². The first-order valence-corrected chi connectivity index (χ1v) is 14.8. The minimum absolute atomic E-state index is 0.0490. The summed E-state index contributed by atoms with van der Waals surface area (Å²) < 4.78 is 24.3. The van der Waals surface area contributed by atoms with Crippen molar-refractivity contribution in [2.75, 3.05) is 34.4 Å². The Morgan fingerprint density at radius 1 is 0.814 bits per heavy atom. The van der Waals surface area contributed by atoms with Crippen LogP contribution in [-0.4, -0.2) is 49.5 Å². The minimum atomic E-state index is -0.173. The van der Waals surface area contributed by atoms with Crippen LogP contribution >= 0.6 is 0 Å². The van der Waals surface area contributed by atoms with Crippen molar-refractivity contribution in [3.8, 4) is 46.0 Å². The monoisotopic (exact) mass is 580 g/mol. The van der Waals surface area contributed by atoms with Gasteiger partial charge >= 0.3 is 0 Å². The van der Waals surface area contributed by atoms with Crippen molar-refractivity contribution in [1.82, 2.24) is 10.2 Å². The second-order valence-electron chi connectivity index (χ2n) is 11.6. The lowest BCUT2D eigenvalue weighted by atomic mass is 9.88. The molecule has 4 aromatic carbocycles. The van der Waals surface area contributed by atoms with Crippen molar-refractivity contribution in [1.29, 1.82) is 0 Å².